The molecule has 0 heterocycles. The third-order valence-corrected chi connectivity index (χ3v) is 4.72. The van der Waals surface area contributed by atoms with Crippen molar-refractivity contribution in [2.75, 3.05) is 25.0 Å². The average molecular weight is 450 g/mol. The van der Waals surface area contributed by atoms with Crippen molar-refractivity contribution in [1.29, 1.82) is 0 Å². The summed E-state index contributed by atoms with van der Waals surface area (Å²) in [5.41, 5.74) is 0.302. The molecular formula is C18H16Cl4N2O3. The maximum absolute atomic E-state index is 12.4. The van der Waals surface area contributed by atoms with E-state index in [0.29, 0.717) is 38.1 Å². The molecule has 1 N–H and O–H groups in total. The second-order valence-corrected chi connectivity index (χ2v) is 7.07. The molecule has 2 aromatic carbocycles. The summed E-state index contributed by atoms with van der Waals surface area (Å²) in [4.78, 5) is 26.0. The van der Waals surface area contributed by atoms with Crippen LogP contribution in [0.15, 0.2) is 36.4 Å². The van der Waals surface area contributed by atoms with Crippen molar-refractivity contribution in [3.63, 3.8) is 0 Å². The van der Waals surface area contributed by atoms with Crippen LogP contribution in [0.3, 0.4) is 0 Å². The highest BCUT2D eigenvalue weighted by Gasteiger charge is 2.18. The molecule has 0 bridgehead atoms. The number of carbonyl (C=O) groups excluding carboxylic acids is 2. The van der Waals surface area contributed by atoms with Gasteiger partial charge in [-0.05, 0) is 31.2 Å². The van der Waals surface area contributed by atoms with Crippen LogP contribution in [0, 0.1) is 0 Å². The highest BCUT2D eigenvalue weighted by Crippen LogP contribution is 2.30. The number of amides is 2. The maximum atomic E-state index is 12.4. The summed E-state index contributed by atoms with van der Waals surface area (Å²) in [6, 6.07) is 9.58. The van der Waals surface area contributed by atoms with E-state index in [1.54, 1.807) is 37.3 Å². The Morgan fingerprint density at radius 2 is 1.70 bits per heavy atom. The lowest BCUT2D eigenvalue weighted by atomic mass is 10.3. The van der Waals surface area contributed by atoms with Crippen LogP contribution in [0.1, 0.15) is 6.92 Å². The van der Waals surface area contributed by atoms with Crippen LogP contribution in [-0.2, 0) is 9.59 Å². The van der Waals surface area contributed by atoms with E-state index in [1.165, 1.54) is 11.0 Å². The fourth-order valence-corrected chi connectivity index (χ4v) is 2.99. The molecule has 144 valence electrons. The van der Waals surface area contributed by atoms with Gasteiger partial charge in [0.05, 0.1) is 27.3 Å². The zero-order chi connectivity index (χ0) is 20.0. The molecule has 0 fully saturated rings. The molecule has 0 saturated carbocycles. The highest BCUT2D eigenvalue weighted by molar-refractivity contribution is 6.39. The second-order valence-electron chi connectivity index (χ2n) is 5.42. The van der Waals surface area contributed by atoms with E-state index < -0.39 is 5.91 Å². The Kier molecular flexibility index (Phi) is 8.05. The number of carbonyl (C=O) groups is 2. The zero-order valence-corrected chi connectivity index (χ0v) is 17.3. The summed E-state index contributed by atoms with van der Waals surface area (Å²) >= 11 is 23.9. The number of hydrogen-bond donors (Lipinski definition) is 1. The van der Waals surface area contributed by atoms with E-state index in [1.807, 2.05) is 0 Å². The lowest BCUT2D eigenvalue weighted by molar-refractivity contribution is -0.136. The molecule has 0 saturated heterocycles. The number of hydrogen-bond acceptors (Lipinski definition) is 3. The molecule has 0 aliphatic rings. The fraction of sp³-hybridized carbons (Fsp3) is 0.222. The molecule has 0 aliphatic carbocycles. The predicted molar refractivity (Wildman–Crippen MR) is 109 cm³/mol. The van der Waals surface area contributed by atoms with Gasteiger partial charge < -0.3 is 15.0 Å². The summed E-state index contributed by atoms with van der Waals surface area (Å²) in [6.45, 7) is 1.60. The Balaban J connectivity index is 1.96. The van der Waals surface area contributed by atoms with Crippen molar-refractivity contribution in [2.45, 2.75) is 6.92 Å². The SMILES string of the molecule is CCN(CC(=O)Nc1c(Cl)cccc1Cl)C(=O)COc1cc(Cl)ccc1Cl. The summed E-state index contributed by atoms with van der Waals surface area (Å²) in [5, 5.41) is 4.00. The Morgan fingerprint density at radius 1 is 1.04 bits per heavy atom. The first kappa shape index (κ1) is 21.6. The van der Waals surface area contributed by atoms with Gasteiger partial charge in [-0.15, -0.1) is 0 Å². The minimum atomic E-state index is -0.430. The van der Waals surface area contributed by atoms with Crippen LogP contribution >= 0.6 is 46.4 Å². The fourth-order valence-electron chi connectivity index (χ4n) is 2.16. The van der Waals surface area contributed by atoms with E-state index in [4.69, 9.17) is 51.1 Å². The molecule has 0 atom stereocenters. The van der Waals surface area contributed by atoms with E-state index in [0.717, 1.165) is 0 Å². The molecule has 5 nitrogen and oxygen atoms in total. The van der Waals surface area contributed by atoms with Crippen LogP contribution in [-0.4, -0.2) is 36.4 Å². The van der Waals surface area contributed by atoms with Gasteiger partial charge in [0.2, 0.25) is 5.91 Å². The Labute approximate surface area is 177 Å². The topological polar surface area (TPSA) is 58.6 Å². The number of nitrogens with one attached hydrogen (secondary N) is 1. The van der Waals surface area contributed by atoms with E-state index in [2.05, 4.69) is 5.32 Å². The minimum absolute atomic E-state index is 0.177. The summed E-state index contributed by atoms with van der Waals surface area (Å²) in [6.07, 6.45) is 0. The Bertz CT molecular complexity index is 825. The molecule has 0 aliphatic heterocycles. The lowest BCUT2D eigenvalue weighted by Gasteiger charge is -2.21. The molecule has 2 amide bonds. The number of rotatable bonds is 7. The highest BCUT2D eigenvalue weighted by atomic mass is 35.5. The minimum Gasteiger partial charge on any atom is -0.482 e. The smallest absolute Gasteiger partial charge is 0.260 e. The average Bonchev–Trinajstić information content (AvgIpc) is 2.63. The molecule has 2 rings (SSSR count). The Morgan fingerprint density at radius 3 is 2.33 bits per heavy atom. The number of para-hydroxylation sites is 1. The van der Waals surface area contributed by atoms with Crippen molar-refractivity contribution < 1.29 is 14.3 Å². The molecule has 27 heavy (non-hydrogen) atoms. The van der Waals surface area contributed by atoms with Gasteiger partial charge in [-0.3, -0.25) is 9.59 Å². The Hall–Kier alpha value is -1.66. The molecule has 2 aromatic rings. The van der Waals surface area contributed by atoms with Gasteiger partial charge in [0, 0.05) is 17.6 Å². The normalized spacial score (nSPS) is 10.4. The summed E-state index contributed by atoms with van der Waals surface area (Å²) < 4.78 is 5.42. The molecule has 0 unspecified atom stereocenters. The van der Waals surface area contributed by atoms with E-state index in [-0.39, 0.29) is 19.1 Å². The maximum Gasteiger partial charge on any atom is 0.260 e. The summed E-state index contributed by atoms with van der Waals surface area (Å²) in [5.74, 6) is -0.518. The van der Waals surface area contributed by atoms with Gasteiger partial charge in [-0.1, -0.05) is 52.5 Å². The monoisotopic (exact) mass is 448 g/mol. The quantitative estimate of drug-likeness (QED) is 0.634. The lowest BCUT2D eigenvalue weighted by Crippen LogP contribution is -2.40. The number of nitrogens with zero attached hydrogens (tertiary/aromatic N) is 1. The molecule has 0 aromatic heterocycles. The predicted octanol–water partition coefficient (Wildman–Crippen LogP) is 5.17. The van der Waals surface area contributed by atoms with Gasteiger partial charge in [0.1, 0.15) is 5.75 Å². The van der Waals surface area contributed by atoms with Crippen LogP contribution in [0.5, 0.6) is 5.75 Å². The van der Waals surface area contributed by atoms with Crippen molar-refractivity contribution in [3.05, 3.63) is 56.5 Å². The zero-order valence-electron chi connectivity index (χ0n) is 14.3. The standard InChI is InChI=1S/C18H16Cl4N2O3/c1-2-24(9-16(25)23-18-13(21)4-3-5-14(18)22)17(26)10-27-15-8-11(19)6-7-12(15)20/h3-8H,2,9-10H2,1H3,(H,23,25). The van der Waals surface area contributed by atoms with E-state index >= 15 is 0 Å². The van der Waals surface area contributed by atoms with Gasteiger partial charge in [-0.25, -0.2) is 0 Å². The second kappa shape index (κ2) is 10.0. The third kappa shape index (κ3) is 6.18. The number of halogens is 4. The number of anilines is 1. The van der Waals surface area contributed by atoms with Gasteiger partial charge in [0.15, 0.2) is 6.61 Å². The van der Waals surface area contributed by atoms with Crippen molar-refractivity contribution in [3.8, 4) is 5.75 Å². The van der Waals surface area contributed by atoms with Crippen LogP contribution < -0.4 is 10.1 Å². The van der Waals surface area contributed by atoms with Crippen LogP contribution in [0.4, 0.5) is 5.69 Å². The van der Waals surface area contributed by atoms with Gasteiger partial charge >= 0.3 is 0 Å². The van der Waals surface area contributed by atoms with Crippen molar-refractivity contribution in [1.82, 2.24) is 4.90 Å². The molecule has 9 heteroatoms. The van der Waals surface area contributed by atoms with Gasteiger partial charge in [0.25, 0.3) is 5.91 Å². The third-order valence-electron chi connectivity index (χ3n) is 3.54. The summed E-state index contributed by atoms with van der Waals surface area (Å²) in [7, 11) is 0. The van der Waals surface area contributed by atoms with Crippen LogP contribution in [0.2, 0.25) is 20.1 Å². The molecule has 0 spiro atoms. The first-order chi connectivity index (χ1) is 12.8. The molecule has 0 radical (unpaired) electrons. The van der Waals surface area contributed by atoms with Crippen molar-refractivity contribution in [2.24, 2.45) is 0 Å². The first-order valence-electron chi connectivity index (χ1n) is 7.91. The molecular weight excluding hydrogens is 434 g/mol. The van der Waals surface area contributed by atoms with Crippen molar-refractivity contribution >= 4 is 63.9 Å². The largest absolute Gasteiger partial charge is 0.482 e. The van der Waals surface area contributed by atoms with Crippen LogP contribution in [0.25, 0.3) is 0 Å². The van der Waals surface area contributed by atoms with E-state index in [9.17, 15) is 9.59 Å². The number of ether oxygens (including phenoxy) is 1. The van der Waals surface area contributed by atoms with Gasteiger partial charge in [-0.2, -0.15) is 0 Å². The first-order valence-corrected chi connectivity index (χ1v) is 9.42. The number of likely N-dealkylation sites (N-methyl/N-ethyl adjacent to an activating group) is 1. The number of benzene rings is 2.